The van der Waals surface area contributed by atoms with Crippen LogP contribution in [0.5, 0.6) is 5.75 Å². The fourth-order valence-corrected chi connectivity index (χ4v) is 3.12. The summed E-state index contributed by atoms with van der Waals surface area (Å²) in [6.45, 7) is 0.735. The van der Waals surface area contributed by atoms with Crippen LogP contribution in [0, 0.1) is 0 Å². The molecule has 0 fully saturated rings. The summed E-state index contributed by atoms with van der Waals surface area (Å²) in [5.41, 5.74) is 1.01. The maximum Gasteiger partial charge on any atom is 0.287 e. The molecule has 0 spiro atoms. The zero-order valence-corrected chi connectivity index (χ0v) is 15.1. The van der Waals surface area contributed by atoms with Gasteiger partial charge in [0.2, 0.25) is 10.0 Å². The van der Waals surface area contributed by atoms with Crippen LogP contribution in [-0.2, 0) is 16.4 Å². The third kappa shape index (κ3) is 5.91. The Hall–Kier alpha value is -2.32. The van der Waals surface area contributed by atoms with Crippen molar-refractivity contribution in [1.29, 1.82) is 0 Å². The van der Waals surface area contributed by atoms with Gasteiger partial charge >= 0.3 is 0 Å². The number of ether oxygens (including phenoxy) is 1. The van der Waals surface area contributed by atoms with Crippen molar-refractivity contribution in [1.82, 2.24) is 9.62 Å². The van der Waals surface area contributed by atoms with Crippen molar-refractivity contribution in [2.24, 2.45) is 0 Å². The van der Waals surface area contributed by atoms with Crippen LogP contribution in [-0.4, -0.2) is 51.6 Å². The maximum atomic E-state index is 11.9. The number of nitrogens with zero attached hydrogens (tertiary/aromatic N) is 1. The van der Waals surface area contributed by atoms with Crippen LogP contribution < -0.4 is 10.1 Å². The van der Waals surface area contributed by atoms with Crippen molar-refractivity contribution >= 4 is 15.9 Å². The topological polar surface area (TPSA) is 88.8 Å². The molecule has 0 aliphatic heterocycles. The van der Waals surface area contributed by atoms with E-state index < -0.39 is 10.0 Å². The van der Waals surface area contributed by atoms with E-state index in [4.69, 9.17) is 9.15 Å². The summed E-state index contributed by atoms with van der Waals surface area (Å²) in [4.78, 5) is 11.8. The van der Waals surface area contributed by atoms with E-state index >= 15 is 0 Å². The van der Waals surface area contributed by atoms with Gasteiger partial charge in [0.05, 0.1) is 19.6 Å². The quantitative estimate of drug-likeness (QED) is 0.727. The van der Waals surface area contributed by atoms with Gasteiger partial charge in [-0.1, -0.05) is 12.1 Å². The van der Waals surface area contributed by atoms with E-state index in [-0.39, 0.29) is 24.8 Å². The number of carbonyl (C=O) groups excluding carboxylic acids is 1. The molecule has 0 aliphatic carbocycles. The minimum atomic E-state index is -3.37. The Bertz CT molecular complexity index is 770. The molecule has 1 aromatic carbocycles. The van der Waals surface area contributed by atoms with Crippen LogP contribution in [0.1, 0.15) is 16.1 Å². The summed E-state index contributed by atoms with van der Waals surface area (Å²) < 4.78 is 35.3. The number of methoxy groups -OCH3 is 1. The van der Waals surface area contributed by atoms with Gasteiger partial charge in [-0.25, -0.2) is 12.7 Å². The molecule has 0 saturated carbocycles. The normalized spacial score (nSPS) is 11.5. The van der Waals surface area contributed by atoms with Gasteiger partial charge in [0, 0.05) is 19.6 Å². The van der Waals surface area contributed by atoms with E-state index in [1.54, 1.807) is 19.2 Å². The van der Waals surface area contributed by atoms with Gasteiger partial charge in [-0.05, 0) is 36.2 Å². The number of hydrogen-bond donors (Lipinski definition) is 1. The van der Waals surface area contributed by atoms with Gasteiger partial charge in [0.25, 0.3) is 5.91 Å². The lowest BCUT2D eigenvalue weighted by Gasteiger charge is -2.20. The van der Waals surface area contributed by atoms with Gasteiger partial charge in [0.15, 0.2) is 5.76 Å². The monoisotopic (exact) mass is 366 g/mol. The van der Waals surface area contributed by atoms with E-state index in [9.17, 15) is 13.2 Å². The minimum absolute atomic E-state index is 0.196. The number of benzene rings is 1. The van der Waals surface area contributed by atoms with Gasteiger partial charge in [-0.15, -0.1) is 0 Å². The Labute approximate surface area is 147 Å². The highest BCUT2D eigenvalue weighted by atomic mass is 32.2. The highest BCUT2D eigenvalue weighted by Gasteiger charge is 2.17. The standard InChI is InChI=1S/C17H22N2O5S/c1-23-15-7-5-14(6-8-15)9-11-19(25(2,21)22)12-10-18-17(20)16-4-3-13-24-16/h3-8,13H,9-12H2,1-2H3,(H,18,20). The lowest BCUT2D eigenvalue weighted by molar-refractivity contribution is 0.0924. The van der Waals surface area contributed by atoms with Gasteiger partial charge in [-0.2, -0.15) is 0 Å². The second kappa shape index (κ2) is 8.68. The molecule has 25 heavy (non-hydrogen) atoms. The zero-order valence-electron chi connectivity index (χ0n) is 14.3. The second-order valence-electron chi connectivity index (χ2n) is 5.49. The van der Waals surface area contributed by atoms with Crippen LogP contribution in [0.2, 0.25) is 0 Å². The molecule has 2 aromatic rings. The van der Waals surface area contributed by atoms with Crippen LogP contribution >= 0.6 is 0 Å². The fraction of sp³-hybridized carbons (Fsp3) is 0.353. The van der Waals surface area contributed by atoms with E-state index in [1.165, 1.54) is 10.6 Å². The van der Waals surface area contributed by atoms with Crippen molar-refractivity contribution in [3.05, 3.63) is 54.0 Å². The first-order chi connectivity index (χ1) is 11.9. The van der Waals surface area contributed by atoms with Gasteiger partial charge in [0.1, 0.15) is 5.75 Å². The Morgan fingerprint density at radius 3 is 2.48 bits per heavy atom. The molecule has 1 amide bonds. The highest BCUT2D eigenvalue weighted by Crippen LogP contribution is 2.12. The first kappa shape index (κ1) is 19.0. The van der Waals surface area contributed by atoms with Crippen molar-refractivity contribution in [2.45, 2.75) is 6.42 Å². The molecule has 0 atom stereocenters. The van der Waals surface area contributed by atoms with Crippen LogP contribution in [0.25, 0.3) is 0 Å². The number of amides is 1. The lowest BCUT2D eigenvalue weighted by atomic mass is 10.1. The Morgan fingerprint density at radius 2 is 1.92 bits per heavy atom. The first-order valence-corrected chi connectivity index (χ1v) is 9.65. The molecule has 1 N–H and O–H groups in total. The third-order valence-electron chi connectivity index (χ3n) is 3.67. The molecular formula is C17H22N2O5S. The predicted molar refractivity (Wildman–Crippen MR) is 94.2 cm³/mol. The first-order valence-electron chi connectivity index (χ1n) is 7.80. The molecule has 7 nitrogen and oxygen atoms in total. The van der Waals surface area contributed by atoms with Crippen molar-refractivity contribution < 1.29 is 22.4 Å². The van der Waals surface area contributed by atoms with E-state index in [2.05, 4.69) is 5.32 Å². The molecule has 0 radical (unpaired) electrons. The molecule has 1 aromatic heterocycles. The predicted octanol–water partition coefficient (Wildman–Crippen LogP) is 1.52. The average molecular weight is 366 g/mol. The average Bonchev–Trinajstić information content (AvgIpc) is 3.11. The summed E-state index contributed by atoms with van der Waals surface area (Å²) in [5.74, 6) is 0.585. The second-order valence-corrected chi connectivity index (χ2v) is 7.48. The summed E-state index contributed by atoms with van der Waals surface area (Å²) in [6, 6.07) is 10.6. The van der Waals surface area contributed by atoms with Crippen LogP contribution in [0.3, 0.4) is 0 Å². The fourth-order valence-electron chi connectivity index (χ4n) is 2.28. The van der Waals surface area contributed by atoms with Crippen molar-refractivity contribution in [2.75, 3.05) is 33.0 Å². The SMILES string of the molecule is COc1ccc(CCN(CCNC(=O)c2ccco2)S(C)(=O)=O)cc1. The summed E-state index contributed by atoms with van der Waals surface area (Å²) in [6.07, 6.45) is 3.14. The number of sulfonamides is 1. The van der Waals surface area contributed by atoms with Gasteiger partial charge in [-0.3, -0.25) is 4.79 Å². The molecule has 0 aliphatic rings. The number of carbonyl (C=O) groups is 1. The molecule has 136 valence electrons. The molecule has 0 saturated heterocycles. The highest BCUT2D eigenvalue weighted by molar-refractivity contribution is 7.88. The van der Waals surface area contributed by atoms with Crippen molar-refractivity contribution in [3.8, 4) is 5.75 Å². The molecular weight excluding hydrogens is 344 g/mol. The Balaban J connectivity index is 1.87. The third-order valence-corrected chi connectivity index (χ3v) is 4.97. The van der Waals surface area contributed by atoms with E-state index in [1.807, 2.05) is 24.3 Å². The molecule has 0 bridgehead atoms. The smallest absolute Gasteiger partial charge is 0.287 e. The number of rotatable bonds is 9. The summed E-state index contributed by atoms with van der Waals surface area (Å²) in [5, 5.41) is 2.65. The molecule has 0 unspecified atom stereocenters. The zero-order chi connectivity index (χ0) is 18.3. The van der Waals surface area contributed by atoms with E-state index in [0.717, 1.165) is 17.6 Å². The van der Waals surface area contributed by atoms with E-state index in [0.29, 0.717) is 13.0 Å². The molecule has 8 heteroatoms. The van der Waals surface area contributed by atoms with Gasteiger partial charge < -0.3 is 14.5 Å². The number of furan rings is 1. The summed E-state index contributed by atoms with van der Waals surface area (Å²) in [7, 11) is -1.77. The van der Waals surface area contributed by atoms with Crippen LogP contribution in [0.4, 0.5) is 0 Å². The van der Waals surface area contributed by atoms with Crippen molar-refractivity contribution in [3.63, 3.8) is 0 Å². The number of hydrogen-bond acceptors (Lipinski definition) is 5. The minimum Gasteiger partial charge on any atom is -0.497 e. The summed E-state index contributed by atoms with van der Waals surface area (Å²) >= 11 is 0. The molecule has 1 heterocycles. The Morgan fingerprint density at radius 1 is 1.20 bits per heavy atom. The Kier molecular flexibility index (Phi) is 6.60. The molecule has 2 rings (SSSR count). The largest absolute Gasteiger partial charge is 0.497 e. The van der Waals surface area contributed by atoms with Crippen LogP contribution in [0.15, 0.2) is 47.1 Å². The maximum absolute atomic E-state index is 11.9. The number of nitrogens with one attached hydrogen (secondary N) is 1. The lowest BCUT2D eigenvalue weighted by Crippen LogP contribution is -2.39.